The molecular weight excluding hydrogens is 270 g/mol. The Kier molecular flexibility index (Phi) is 10.3. The molecule has 0 aromatic carbocycles. The van der Waals surface area contributed by atoms with Gasteiger partial charge in [0, 0.05) is 19.6 Å². The first-order valence-electron chi connectivity index (χ1n) is 7.58. The van der Waals surface area contributed by atoms with Crippen LogP contribution in [0.15, 0.2) is 12.7 Å². The summed E-state index contributed by atoms with van der Waals surface area (Å²) in [5, 5.41) is 8.87. The number of carboxylic acids is 1. The zero-order valence-electron chi connectivity index (χ0n) is 13.5. The zero-order chi connectivity index (χ0) is 16.3. The van der Waals surface area contributed by atoms with E-state index in [-0.39, 0.29) is 19.1 Å². The predicted octanol–water partition coefficient (Wildman–Crippen LogP) is 1.73. The standard InChI is InChI=1S/C15H29N3O3/c1-5-10-18(13-14(19)20)15(21)17(8-4)12-9-11-16(6-2)7-3/h5H,1,6-13H2,2-4H3,(H,19,20). The maximum Gasteiger partial charge on any atom is 0.323 e. The maximum atomic E-state index is 12.3. The third-order valence-electron chi connectivity index (χ3n) is 3.40. The molecule has 0 fully saturated rings. The van der Waals surface area contributed by atoms with Crippen LogP contribution in [0.1, 0.15) is 27.2 Å². The fraction of sp³-hybridized carbons (Fsp3) is 0.733. The van der Waals surface area contributed by atoms with Gasteiger partial charge in [0.2, 0.25) is 0 Å². The van der Waals surface area contributed by atoms with E-state index in [1.807, 2.05) is 6.92 Å². The molecule has 6 nitrogen and oxygen atoms in total. The number of carbonyl (C=O) groups excluding carboxylic acids is 1. The molecule has 2 amide bonds. The fourth-order valence-electron chi connectivity index (χ4n) is 2.14. The van der Waals surface area contributed by atoms with Crippen LogP contribution >= 0.6 is 0 Å². The second-order valence-corrected chi connectivity index (χ2v) is 4.81. The van der Waals surface area contributed by atoms with E-state index in [0.29, 0.717) is 13.1 Å². The lowest BCUT2D eigenvalue weighted by molar-refractivity contribution is -0.137. The number of carbonyl (C=O) groups is 2. The zero-order valence-corrected chi connectivity index (χ0v) is 13.5. The van der Waals surface area contributed by atoms with E-state index in [4.69, 9.17) is 5.11 Å². The molecule has 6 heteroatoms. The molecule has 0 aromatic rings. The molecule has 0 spiro atoms. The molecule has 0 radical (unpaired) electrons. The molecule has 0 unspecified atom stereocenters. The second-order valence-electron chi connectivity index (χ2n) is 4.81. The lowest BCUT2D eigenvalue weighted by atomic mass is 10.3. The van der Waals surface area contributed by atoms with Crippen LogP contribution in [0, 0.1) is 0 Å². The number of hydrogen-bond donors (Lipinski definition) is 1. The van der Waals surface area contributed by atoms with Crippen LogP contribution in [0.4, 0.5) is 4.79 Å². The second kappa shape index (κ2) is 11.1. The first-order chi connectivity index (χ1) is 9.99. The molecule has 0 aliphatic heterocycles. The minimum Gasteiger partial charge on any atom is -0.480 e. The van der Waals surface area contributed by atoms with Crippen molar-refractivity contribution in [3.05, 3.63) is 12.7 Å². The van der Waals surface area contributed by atoms with E-state index < -0.39 is 5.97 Å². The summed E-state index contributed by atoms with van der Waals surface area (Å²) in [7, 11) is 0. The summed E-state index contributed by atoms with van der Waals surface area (Å²) >= 11 is 0. The molecule has 0 saturated heterocycles. The van der Waals surface area contributed by atoms with Crippen molar-refractivity contribution in [2.45, 2.75) is 27.2 Å². The number of nitrogens with zero attached hydrogens (tertiary/aromatic N) is 3. The van der Waals surface area contributed by atoms with E-state index in [2.05, 4.69) is 25.3 Å². The van der Waals surface area contributed by atoms with Gasteiger partial charge < -0.3 is 19.8 Å². The normalized spacial score (nSPS) is 10.5. The quantitative estimate of drug-likeness (QED) is 0.590. The predicted molar refractivity (Wildman–Crippen MR) is 84.5 cm³/mol. The number of urea groups is 1. The molecule has 122 valence electrons. The molecular formula is C15H29N3O3. The highest BCUT2D eigenvalue weighted by Crippen LogP contribution is 2.02. The third-order valence-corrected chi connectivity index (χ3v) is 3.40. The summed E-state index contributed by atoms with van der Waals surface area (Å²) < 4.78 is 0. The highest BCUT2D eigenvalue weighted by molar-refractivity contribution is 5.80. The Bertz CT molecular complexity index is 330. The van der Waals surface area contributed by atoms with Gasteiger partial charge in [-0.25, -0.2) is 4.79 Å². The van der Waals surface area contributed by atoms with Crippen LogP contribution in [0.5, 0.6) is 0 Å². The number of hydrogen-bond acceptors (Lipinski definition) is 3. The van der Waals surface area contributed by atoms with Gasteiger partial charge in [0.25, 0.3) is 0 Å². The SMILES string of the molecule is C=CCN(CC(=O)O)C(=O)N(CC)CCCN(CC)CC. The van der Waals surface area contributed by atoms with Gasteiger partial charge in [-0.05, 0) is 33.0 Å². The van der Waals surface area contributed by atoms with E-state index in [0.717, 1.165) is 26.1 Å². The van der Waals surface area contributed by atoms with Crippen molar-refractivity contribution in [2.24, 2.45) is 0 Å². The summed E-state index contributed by atoms with van der Waals surface area (Å²) in [4.78, 5) is 28.5. The van der Waals surface area contributed by atoms with Crippen LogP contribution in [0.25, 0.3) is 0 Å². The van der Waals surface area contributed by atoms with Crippen LogP contribution < -0.4 is 0 Å². The Balaban J connectivity index is 4.49. The van der Waals surface area contributed by atoms with Crippen molar-refractivity contribution in [1.29, 1.82) is 0 Å². The van der Waals surface area contributed by atoms with Gasteiger partial charge >= 0.3 is 12.0 Å². The van der Waals surface area contributed by atoms with Crippen molar-refractivity contribution in [1.82, 2.24) is 14.7 Å². The van der Waals surface area contributed by atoms with Crippen molar-refractivity contribution in [3.63, 3.8) is 0 Å². The molecule has 0 aromatic heterocycles. The summed E-state index contributed by atoms with van der Waals surface area (Å²) in [6.45, 7) is 13.8. The van der Waals surface area contributed by atoms with E-state index >= 15 is 0 Å². The number of rotatable bonds is 11. The average molecular weight is 299 g/mol. The Hall–Kier alpha value is -1.56. The van der Waals surface area contributed by atoms with Crippen LogP contribution in [-0.2, 0) is 4.79 Å². The molecule has 0 rings (SSSR count). The van der Waals surface area contributed by atoms with Gasteiger partial charge in [-0.3, -0.25) is 4.79 Å². The van der Waals surface area contributed by atoms with E-state index in [1.165, 1.54) is 4.90 Å². The van der Waals surface area contributed by atoms with Crippen LogP contribution in [-0.4, -0.2) is 77.6 Å². The largest absolute Gasteiger partial charge is 0.480 e. The Morgan fingerprint density at radius 1 is 1.05 bits per heavy atom. The van der Waals surface area contributed by atoms with Gasteiger partial charge in [0.05, 0.1) is 0 Å². The van der Waals surface area contributed by atoms with Gasteiger partial charge in [-0.1, -0.05) is 19.9 Å². The first kappa shape index (κ1) is 19.4. The van der Waals surface area contributed by atoms with Crippen molar-refractivity contribution < 1.29 is 14.7 Å². The molecule has 0 atom stereocenters. The monoisotopic (exact) mass is 299 g/mol. The molecule has 0 saturated carbocycles. The summed E-state index contributed by atoms with van der Waals surface area (Å²) in [6.07, 6.45) is 2.43. The van der Waals surface area contributed by atoms with Gasteiger partial charge in [-0.15, -0.1) is 6.58 Å². The summed E-state index contributed by atoms with van der Waals surface area (Å²) in [5.74, 6) is -1.01. The molecule has 0 aliphatic carbocycles. The Morgan fingerprint density at radius 2 is 1.67 bits per heavy atom. The molecule has 1 N–H and O–H groups in total. The maximum absolute atomic E-state index is 12.3. The smallest absolute Gasteiger partial charge is 0.323 e. The topological polar surface area (TPSA) is 64.1 Å². The number of aliphatic carboxylic acids is 1. The van der Waals surface area contributed by atoms with Crippen molar-refractivity contribution in [2.75, 3.05) is 45.8 Å². The molecule has 0 bridgehead atoms. The third kappa shape index (κ3) is 7.70. The van der Waals surface area contributed by atoms with E-state index in [9.17, 15) is 9.59 Å². The molecule has 0 aliphatic rings. The van der Waals surface area contributed by atoms with Gasteiger partial charge in [0.15, 0.2) is 0 Å². The molecule has 21 heavy (non-hydrogen) atoms. The number of amides is 2. The Morgan fingerprint density at radius 3 is 2.10 bits per heavy atom. The lowest BCUT2D eigenvalue weighted by Crippen LogP contribution is -2.46. The van der Waals surface area contributed by atoms with Crippen LogP contribution in [0.2, 0.25) is 0 Å². The summed E-state index contributed by atoms with van der Waals surface area (Å²) in [5.41, 5.74) is 0. The highest BCUT2D eigenvalue weighted by atomic mass is 16.4. The highest BCUT2D eigenvalue weighted by Gasteiger charge is 2.20. The minimum absolute atomic E-state index is 0.237. The van der Waals surface area contributed by atoms with Gasteiger partial charge in [0.1, 0.15) is 6.54 Å². The lowest BCUT2D eigenvalue weighted by Gasteiger charge is -2.29. The van der Waals surface area contributed by atoms with E-state index in [1.54, 1.807) is 11.0 Å². The van der Waals surface area contributed by atoms with Crippen LogP contribution in [0.3, 0.4) is 0 Å². The molecule has 0 heterocycles. The number of carboxylic acid groups (broad SMARTS) is 1. The van der Waals surface area contributed by atoms with Crippen molar-refractivity contribution >= 4 is 12.0 Å². The minimum atomic E-state index is -1.01. The first-order valence-corrected chi connectivity index (χ1v) is 7.58. The fourth-order valence-corrected chi connectivity index (χ4v) is 2.14. The van der Waals surface area contributed by atoms with Gasteiger partial charge in [-0.2, -0.15) is 0 Å². The Labute approximate surface area is 128 Å². The summed E-state index contributed by atoms with van der Waals surface area (Å²) in [6, 6.07) is -0.237. The average Bonchev–Trinajstić information content (AvgIpc) is 2.46. The van der Waals surface area contributed by atoms with Crippen molar-refractivity contribution in [3.8, 4) is 0 Å².